The molecule has 0 saturated carbocycles. The van der Waals surface area contributed by atoms with Crippen LogP contribution < -0.4 is 39.5 Å². The number of benzene rings is 6. The highest BCUT2D eigenvalue weighted by Crippen LogP contribution is 2.59. The fourth-order valence-electron chi connectivity index (χ4n) is 11.5. The van der Waals surface area contributed by atoms with Crippen LogP contribution in [0.3, 0.4) is 0 Å². The molecule has 0 saturated heterocycles. The van der Waals surface area contributed by atoms with E-state index in [1.54, 1.807) is 0 Å². The first kappa shape index (κ1) is 26.0. The van der Waals surface area contributed by atoms with Crippen molar-refractivity contribution in [2.75, 3.05) is 0 Å². The molecule has 0 fully saturated rings. The summed E-state index contributed by atoms with van der Waals surface area (Å²) in [5.74, 6) is 2.88. The molecule has 0 N–H and O–H groups in total. The first-order valence-electron chi connectivity index (χ1n) is 18.4. The van der Waals surface area contributed by atoms with E-state index < -0.39 is 8.07 Å². The van der Waals surface area contributed by atoms with Gasteiger partial charge in [0.1, 0.15) is 11.0 Å². The van der Waals surface area contributed by atoms with Gasteiger partial charge in [-0.1, -0.05) is 84.9 Å². The van der Waals surface area contributed by atoms with Gasteiger partial charge in [-0.05, 0) is 85.4 Å². The third-order valence-corrected chi connectivity index (χ3v) is 18.0. The van der Waals surface area contributed by atoms with Crippen LogP contribution in [0.25, 0.3) is 66.4 Å². The van der Waals surface area contributed by atoms with Crippen molar-refractivity contribution in [2.45, 2.75) is 0 Å². The second kappa shape index (κ2) is 8.13. The molecular formula is C46H26N5OSi+3. The van der Waals surface area contributed by atoms with Crippen molar-refractivity contribution < 1.29 is 14.1 Å². The summed E-state index contributed by atoms with van der Waals surface area (Å²) in [7, 11) is -2.84. The van der Waals surface area contributed by atoms with Gasteiger partial charge in [-0.2, -0.15) is 9.13 Å². The van der Waals surface area contributed by atoms with E-state index in [-0.39, 0.29) is 0 Å². The van der Waals surface area contributed by atoms with Crippen LogP contribution in [0.1, 0.15) is 0 Å². The lowest BCUT2D eigenvalue weighted by Crippen LogP contribution is -2.87. The number of rotatable bonds is 0. The molecule has 10 aromatic rings. The fraction of sp³-hybridized carbons (Fsp3) is 0. The Morgan fingerprint density at radius 2 is 1.15 bits per heavy atom. The summed E-state index contributed by atoms with van der Waals surface area (Å²) in [4.78, 5) is 0. The lowest BCUT2D eigenvalue weighted by molar-refractivity contribution is -1.03. The quantitative estimate of drug-likeness (QED) is 0.102. The number of pyridine rings is 2. The highest BCUT2D eigenvalue weighted by molar-refractivity contribution is 7.23. The van der Waals surface area contributed by atoms with Gasteiger partial charge in [0.2, 0.25) is 22.7 Å². The molecule has 2 spiro atoms. The molecule has 5 aliphatic rings. The number of aromatic nitrogens is 4. The number of hydrogen-bond acceptors (Lipinski definition) is 1. The smallest absolute Gasteiger partial charge is 0.350 e. The molecule has 53 heavy (non-hydrogen) atoms. The first-order valence-corrected chi connectivity index (χ1v) is 20.4. The van der Waals surface area contributed by atoms with Gasteiger partial charge in [-0.15, -0.1) is 0 Å². The Hall–Kier alpha value is -6.80. The number of para-hydroxylation sites is 2. The molecular weight excluding hydrogens is 667 g/mol. The molecule has 15 rings (SSSR count). The monoisotopic (exact) mass is 692 g/mol. The molecule has 4 aromatic heterocycles. The highest BCUT2D eigenvalue weighted by Gasteiger charge is 2.69. The van der Waals surface area contributed by atoms with E-state index in [1.807, 2.05) is 0 Å². The van der Waals surface area contributed by atoms with E-state index in [0.717, 1.165) is 28.7 Å². The van der Waals surface area contributed by atoms with Gasteiger partial charge in [-0.3, -0.25) is 0 Å². The number of nitrogens with zero attached hydrogens (tertiary/aromatic N) is 5. The van der Waals surface area contributed by atoms with Crippen LogP contribution in [0.5, 0.6) is 11.5 Å². The Morgan fingerprint density at radius 1 is 0.472 bits per heavy atom. The van der Waals surface area contributed by atoms with Gasteiger partial charge in [0.25, 0.3) is 0 Å². The molecule has 1 atom stereocenters. The van der Waals surface area contributed by atoms with Crippen LogP contribution >= 0.6 is 0 Å². The minimum absolute atomic E-state index is 0.328. The standard InChI is InChI=1S/C46H26N5OSi/c1-4-16-33-27(11-1)31-21-22-34-44-42(31)49(33)40-20-7-8-25-47(40)51(44)45-35(52-34)23-24-39-43(45)50-41-30(32-15-10-26-48(51)46(32)50)14-9-19-38(41)53(39)36-17-5-2-12-28(36)29-13-3-6-18-37(29)53/h1-26H/q+3. The number of hydrogen-bond donors (Lipinski definition) is 0. The topological polar surface area (TPSA) is 26.8 Å². The summed E-state index contributed by atoms with van der Waals surface area (Å²) in [5, 5.41) is 10.8. The van der Waals surface area contributed by atoms with Crippen LogP contribution in [0.15, 0.2) is 158 Å². The van der Waals surface area contributed by atoms with Crippen LogP contribution in [0.2, 0.25) is 0 Å². The molecule has 1 unspecified atom stereocenters. The Labute approximate surface area is 303 Å². The number of ether oxygens (including phenoxy) is 1. The van der Waals surface area contributed by atoms with Gasteiger partial charge in [0.15, 0.2) is 20.5 Å². The van der Waals surface area contributed by atoms with Crippen molar-refractivity contribution in [1.29, 1.82) is 0 Å². The zero-order chi connectivity index (χ0) is 33.9. The highest BCUT2D eigenvalue weighted by atomic mass is 28.3. The maximum atomic E-state index is 7.21. The SMILES string of the molecule is c1ccc2c(c1)-c1ccccc1[Si]21c2ccc3c4c2-n2c5c1cccc5c1ccc[n+](c12)[N+]41c2c(ccc4c5ccccc5n(c24)-c2cccc[n+]21)O3. The van der Waals surface area contributed by atoms with Gasteiger partial charge < -0.3 is 4.74 Å². The molecule has 7 heteroatoms. The van der Waals surface area contributed by atoms with Gasteiger partial charge >= 0.3 is 22.8 Å². The van der Waals surface area contributed by atoms with Crippen molar-refractivity contribution in [2.24, 2.45) is 0 Å². The van der Waals surface area contributed by atoms with Crippen molar-refractivity contribution in [3.63, 3.8) is 0 Å². The summed E-state index contributed by atoms with van der Waals surface area (Å²) >= 11 is 0. The zero-order valence-electron chi connectivity index (χ0n) is 28.2. The Morgan fingerprint density at radius 3 is 2.04 bits per heavy atom. The van der Waals surface area contributed by atoms with E-state index in [4.69, 9.17) is 4.74 Å². The zero-order valence-corrected chi connectivity index (χ0v) is 29.2. The van der Waals surface area contributed by atoms with Crippen molar-refractivity contribution in [3.8, 4) is 34.1 Å². The van der Waals surface area contributed by atoms with E-state index in [1.165, 1.54) is 81.3 Å². The van der Waals surface area contributed by atoms with Gasteiger partial charge in [0, 0.05) is 32.6 Å². The Kier molecular flexibility index (Phi) is 4.00. The third kappa shape index (κ3) is 2.41. The molecule has 5 aliphatic heterocycles. The molecule has 0 radical (unpaired) electrons. The number of quaternary nitrogens is 1. The lowest BCUT2D eigenvalue weighted by Gasteiger charge is -2.41. The van der Waals surface area contributed by atoms with Crippen molar-refractivity contribution >= 4 is 83.9 Å². The van der Waals surface area contributed by atoms with E-state index in [2.05, 4.69) is 176 Å². The first-order chi connectivity index (χ1) is 26.3. The molecule has 6 nitrogen and oxygen atoms in total. The van der Waals surface area contributed by atoms with Crippen LogP contribution in [0, 0.1) is 0 Å². The predicted molar refractivity (Wildman–Crippen MR) is 210 cm³/mol. The maximum absolute atomic E-state index is 7.21. The molecule has 0 aliphatic carbocycles. The molecule has 0 amide bonds. The Bertz CT molecular complexity index is 3420. The average molecular weight is 693 g/mol. The van der Waals surface area contributed by atoms with E-state index >= 15 is 0 Å². The minimum Gasteiger partial charge on any atom is -0.444 e. The minimum atomic E-state index is -2.84. The second-order valence-corrected chi connectivity index (χ2v) is 18.7. The average Bonchev–Trinajstić information content (AvgIpc) is 3.85. The van der Waals surface area contributed by atoms with Gasteiger partial charge in [-0.25, -0.2) is 0 Å². The van der Waals surface area contributed by atoms with Gasteiger partial charge in [0.05, 0.1) is 10.1 Å². The molecule has 242 valence electrons. The third-order valence-electron chi connectivity index (χ3n) is 13.1. The van der Waals surface area contributed by atoms with Crippen LogP contribution in [0.4, 0.5) is 11.4 Å². The van der Waals surface area contributed by atoms with Crippen molar-refractivity contribution in [1.82, 2.24) is 13.8 Å². The maximum Gasteiger partial charge on any atom is 0.350 e. The predicted octanol–water partition coefficient (Wildman–Crippen LogP) is 6.43. The summed E-state index contributed by atoms with van der Waals surface area (Å²) < 4.78 is 17.6. The van der Waals surface area contributed by atoms with Crippen molar-refractivity contribution in [3.05, 3.63) is 158 Å². The number of fused-ring (bicyclic) bond motifs is 13. The summed E-state index contributed by atoms with van der Waals surface area (Å²) in [5.41, 5.74) is 11.2. The normalized spacial score (nSPS) is 17.8. The van der Waals surface area contributed by atoms with E-state index in [0.29, 0.717) is 4.70 Å². The largest absolute Gasteiger partial charge is 0.444 e. The lowest BCUT2D eigenvalue weighted by atomic mass is 10.1. The summed E-state index contributed by atoms with van der Waals surface area (Å²) in [6.45, 7) is 0. The molecule has 9 heterocycles. The van der Waals surface area contributed by atoms with E-state index in [9.17, 15) is 0 Å². The summed E-state index contributed by atoms with van der Waals surface area (Å²) in [6, 6.07) is 54.8. The second-order valence-electron chi connectivity index (χ2n) is 15.0. The fourth-order valence-corrected chi connectivity index (χ4v) is 17.0. The summed E-state index contributed by atoms with van der Waals surface area (Å²) in [6.07, 6.45) is 4.57. The van der Waals surface area contributed by atoms with Crippen LogP contribution in [-0.4, -0.2) is 17.2 Å². The molecule has 6 aromatic carbocycles. The Balaban J connectivity index is 1.26. The molecule has 0 bridgehead atoms. The van der Waals surface area contributed by atoms with Crippen LogP contribution in [-0.2, 0) is 0 Å².